The number of rotatable bonds is 10. The van der Waals surface area contributed by atoms with Crippen LogP contribution >= 0.6 is 0 Å². The number of benzene rings is 2. The second-order valence-electron chi connectivity index (χ2n) is 6.73. The van der Waals surface area contributed by atoms with Gasteiger partial charge in [0, 0.05) is 5.41 Å². The van der Waals surface area contributed by atoms with Gasteiger partial charge in [-0.05, 0) is 48.1 Å². The first-order valence-electron chi connectivity index (χ1n) is 9.85. The lowest BCUT2D eigenvalue weighted by Gasteiger charge is -2.14. The normalized spacial score (nSPS) is 13.0. The smallest absolute Gasteiger partial charge is 0.200 e. The Bertz CT molecular complexity index is 848. The average Bonchev–Trinajstić information content (AvgIpc) is 2.70. The van der Waals surface area contributed by atoms with Crippen LogP contribution in [0.15, 0.2) is 82.6 Å². The summed E-state index contributed by atoms with van der Waals surface area (Å²) in [5.41, 5.74) is 3.04. The molecule has 2 aromatic rings. The summed E-state index contributed by atoms with van der Waals surface area (Å²) in [5, 5.41) is 1.49. The van der Waals surface area contributed by atoms with E-state index in [4.69, 9.17) is 0 Å². The molecular weight excluding hydrogens is 352 g/mol. The summed E-state index contributed by atoms with van der Waals surface area (Å²) in [6, 6.07) is 18.8. The number of hydrogen-bond acceptors (Lipinski definition) is 2. The van der Waals surface area contributed by atoms with E-state index in [2.05, 4.69) is 32.1 Å². The second-order valence-corrected chi connectivity index (χ2v) is 8.53. The van der Waals surface area contributed by atoms with E-state index >= 15 is 0 Å². The zero-order chi connectivity index (χ0) is 19.5. The van der Waals surface area contributed by atoms with Gasteiger partial charge in [0.05, 0.1) is 4.90 Å². The van der Waals surface area contributed by atoms with Gasteiger partial charge in [-0.25, -0.2) is 8.42 Å². The number of unbranched alkanes of at least 4 members (excludes halogenated alkanes) is 3. The van der Waals surface area contributed by atoms with E-state index in [1.165, 1.54) is 5.41 Å². The van der Waals surface area contributed by atoms with Crippen LogP contribution in [0.5, 0.6) is 0 Å². The summed E-state index contributed by atoms with van der Waals surface area (Å²) < 4.78 is 25.9. The molecule has 3 heteroatoms. The van der Waals surface area contributed by atoms with E-state index in [1.54, 1.807) is 24.3 Å². The Kier molecular flexibility index (Phi) is 8.53. The zero-order valence-corrected chi connectivity index (χ0v) is 17.2. The highest BCUT2D eigenvalue weighted by atomic mass is 32.2. The molecular formula is C24H30O2S. The first-order valence-corrected chi connectivity index (χ1v) is 11.4. The molecule has 0 fully saturated rings. The Labute approximate surface area is 164 Å². The Morgan fingerprint density at radius 2 is 1.44 bits per heavy atom. The van der Waals surface area contributed by atoms with Gasteiger partial charge in [-0.1, -0.05) is 87.7 Å². The van der Waals surface area contributed by atoms with Gasteiger partial charge in [0.1, 0.15) is 0 Å². The largest absolute Gasteiger partial charge is 0.219 e. The van der Waals surface area contributed by atoms with E-state index in [-0.39, 0.29) is 0 Å². The fourth-order valence-electron chi connectivity index (χ4n) is 2.99. The Balaban J connectivity index is 2.51. The summed E-state index contributed by atoms with van der Waals surface area (Å²) in [6.45, 7) is 4.30. The Hall–Kier alpha value is -2.13. The summed E-state index contributed by atoms with van der Waals surface area (Å²) in [6.07, 6.45) is 8.14. The molecule has 0 aliphatic carbocycles. The third-order valence-corrected chi connectivity index (χ3v) is 6.03. The topological polar surface area (TPSA) is 34.1 Å². The van der Waals surface area contributed by atoms with Crippen molar-refractivity contribution in [3.8, 4) is 0 Å². The molecule has 0 N–H and O–H groups in total. The van der Waals surface area contributed by atoms with Crippen molar-refractivity contribution in [2.75, 3.05) is 0 Å². The number of allylic oxidation sites excluding steroid dienone is 3. The molecule has 0 saturated heterocycles. The van der Waals surface area contributed by atoms with Crippen molar-refractivity contribution >= 4 is 15.4 Å². The standard InChI is InChI=1S/C24H30O2S/c1-3-5-9-19-24(21-15-10-7-11-16-21)22(14-6-4-2)20-27(25,26)23-17-12-8-13-18-23/h7-8,10-13,15-20H,3-6,9,14H2,1-2H3/b22-20+,24-19+. The minimum Gasteiger partial charge on any atom is -0.219 e. The molecule has 2 nitrogen and oxygen atoms in total. The highest BCUT2D eigenvalue weighted by Crippen LogP contribution is 2.30. The van der Waals surface area contributed by atoms with E-state index in [9.17, 15) is 8.42 Å². The molecule has 0 aliphatic rings. The lowest BCUT2D eigenvalue weighted by Crippen LogP contribution is -2.01. The molecule has 0 atom stereocenters. The van der Waals surface area contributed by atoms with Gasteiger partial charge >= 0.3 is 0 Å². The van der Waals surface area contributed by atoms with Crippen LogP contribution in [0, 0.1) is 0 Å². The quantitative estimate of drug-likeness (QED) is 0.334. The summed E-state index contributed by atoms with van der Waals surface area (Å²) in [5.74, 6) is 0. The van der Waals surface area contributed by atoms with Crippen LogP contribution in [0.25, 0.3) is 5.57 Å². The van der Waals surface area contributed by atoms with E-state index in [0.29, 0.717) is 4.90 Å². The minimum atomic E-state index is -3.48. The first kappa shape index (κ1) is 21.2. The van der Waals surface area contributed by atoms with Crippen LogP contribution in [0.4, 0.5) is 0 Å². The van der Waals surface area contributed by atoms with Gasteiger partial charge in [0.2, 0.25) is 0 Å². The van der Waals surface area contributed by atoms with Crippen LogP contribution in [-0.2, 0) is 9.84 Å². The molecule has 144 valence electrons. The van der Waals surface area contributed by atoms with E-state index < -0.39 is 9.84 Å². The average molecular weight is 383 g/mol. The van der Waals surface area contributed by atoms with Gasteiger partial charge in [0.25, 0.3) is 0 Å². The summed E-state index contributed by atoms with van der Waals surface area (Å²) in [7, 11) is -3.48. The van der Waals surface area contributed by atoms with E-state index in [0.717, 1.165) is 55.2 Å². The fourth-order valence-corrected chi connectivity index (χ4v) is 4.28. The van der Waals surface area contributed by atoms with Crippen LogP contribution < -0.4 is 0 Å². The van der Waals surface area contributed by atoms with Crippen molar-refractivity contribution in [3.63, 3.8) is 0 Å². The predicted octanol–water partition coefficient (Wildman–Crippen LogP) is 6.81. The van der Waals surface area contributed by atoms with Gasteiger partial charge in [-0.3, -0.25) is 0 Å². The van der Waals surface area contributed by atoms with Gasteiger partial charge in [-0.2, -0.15) is 0 Å². The zero-order valence-electron chi connectivity index (χ0n) is 16.4. The van der Waals surface area contributed by atoms with Crippen molar-refractivity contribution in [1.82, 2.24) is 0 Å². The molecule has 2 rings (SSSR count). The number of hydrogen-bond donors (Lipinski definition) is 0. The van der Waals surface area contributed by atoms with Crippen LogP contribution in [0.3, 0.4) is 0 Å². The van der Waals surface area contributed by atoms with Crippen molar-refractivity contribution in [3.05, 3.63) is 83.3 Å². The highest BCUT2D eigenvalue weighted by Gasteiger charge is 2.15. The molecule has 0 aliphatic heterocycles. The molecule has 27 heavy (non-hydrogen) atoms. The Morgan fingerprint density at radius 3 is 2.04 bits per heavy atom. The van der Waals surface area contributed by atoms with Crippen molar-refractivity contribution in [1.29, 1.82) is 0 Å². The predicted molar refractivity (Wildman–Crippen MR) is 115 cm³/mol. The molecule has 0 spiro atoms. The number of sulfone groups is 1. The molecule has 0 aromatic heterocycles. The van der Waals surface area contributed by atoms with Crippen LogP contribution in [-0.4, -0.2) is 8.42 Å². The fraction of sp³-hybridized carbons (Fsp3) is 0.333. The van der Waals surface area contributed by atoms with Crippen LogP contribution in [0.2, 0.25) is 0 Å². The molecule has 0 heterocycles. The Morgan fingerprint density at radius 1 is 0.852 bits per heavy atom. The summed E-state index contributed by atoms with van der Waals surface area (Å²) >= 11 is 0. The monoisotopic (exact) mass is 382 g/mol. The lowest BCUT2D eigenvalue weighted by atomic mass is 9.94. The van der Waals surface area contributed by atoms with Gasteiger partial charge in [-0.15, -0.1) is 0 Å². The molecule has 2 aromatic carbocycles. The van der Waals surface area contributed by atoms with Crippen molar-refractivity contribution < 1.29 is 8.42 Å². The maximum absolute atomic E-state index is 13.0. The molecule has 0 amide bonds. The van der Waals surface area contributed by atoms with Gasteiger partial charge < -0.3 is 0 Å². The molecule has 0 unspecified atom stereocenters. The first-order chi connectivity index (χ1) is 13.1. The third-order valence-electron chi connectivity index (χ3n) is 4.51. The van der Waals surface area contributed by atoms with Crippen LogP contribution in [0.1, 0.15) is 57.9 Å². The maximum Gasteiger partial charge on any atom is 0.200 e. The summed E-state index contributed by atoms with van der Waals surface area (Å²) in [4.78, 5) is 0.347. The van der Waals surface area contributed by atoms with Crippen molar-refractivity contribution in [2.45, 2.75) is 57.3 Å². The SMILES string of the molecule is CCCC/C=C(/C(=C/S(=O)(=O)c1ccccc1)CCCC)c1ccccc1. The van der Waals surface area contributed by atoms with Gasteiger partial charge in [0.15, 0.2) is 9.84 Å². The van der Waals surface area contributed by atoms with Crippen molar-refractivity contribution in [2.24, 2.45) is 0 Å². The van der Waals surface area contributed by atoms with E-state index in [1.807, 2.05) is 24.3 Å². The third kappa shape index (κ3) is 6.51. The molecule has 0 radical (unpaired) electrons. The lowest BCUT2D eigenvalue weighted by molar-refractivity contribution is 0.604. The molecule has 0 bridgehead atoms. The highest BCUT2D eigenvalue weighted by molar-refractivity contribution is 7.94. The maximum atomic E-state index is 13.0. The second kappa shape index (κ2) is 10.9. The minimum absolute atomic E-state index is 0.347. The molecule has 0 saturated carbocycles.